The molecule has 0 aliphatic rings. The van der Waals surface area contributed by atoms with E-state index in [1.807, 2.05) is 14.0 Å². The summed E-state index contributed by atoms with van der Waals surface area (Å²) < 4.78 is 4.99. The average molecular weight is 266 g/mol. The zero-order chi connectivity index (χ0) is 14.3. The number of rotatable bonds is 7. The number of phenolic OH excluding ortho intramolecular Hbond substituents is 1. The molecule has 0 heterocycles. The summed E-state index contributed by atoms with van der Waals surface area (Å²) >= 11 is 0. The van der Waals surface area contributed by atoms with Crippen LogP contribution in [-0.4, -0.2) is 37.8 Å². The third-order valence-corrected chi connectivity index (χ3v) is 3.01. The smallest absolute Gasteiger partial charge is 0.251 e. The van der Waals surface area contributed by atoms with Crippen LogP contribution in [-0.2, 0) is 0 Å². The molecule has 0 aliphatic carbocycles. The van der Waals surface area contributed by atoms with Crippen LogP contribution in [0, 0.1) is 0 Å². The maximum absolute atomic E-state index is 12.1. The first kappa shape index (κ1) is 15.3. The third kappa shape index (κ3) is 4.44. The molecule has 1 aromatic carbocycles. The van der Waals surface area contributed by atoms with Gasteiger partial charge in [-0.25, -0.2) is 0 Å². The lowest BCUT2D eigenvalue weighted by Gasteiger charge is -2.17. The van der Waals surface area contributed by atoms with Gasteiger partial charge in [0.2, 0.25) is 0 Å². The summed E-state index contributed by atoms with van der Waals surface area (Å²) in [6.45, 7) is 2.90. The second-order valence-corrected chi connectivity index (χ2v) is 4.36. The lowest BCUT2D eigenvalue weighted by molar-refractivity contribution is 0.0933. The first-order chi connectivity index (χ1) is 9.12. The van der Waals surface area contributed by atoms with E-state index in [0.717, 1.165) is 19.4 Å². The van der Waals surface area contributed by atoms with Gasteiger partial charge in [-0.2, -0.15) is 0 Å². The van der Waals surface area contributed by atoms with Gasteiger partial charge >= 0.3 is 0 Å². The summed E-state index contributed by atoms with van der Waals surface area (Å²) in [6, 6.07) is 4.72. The van der Waals surface area contributed by atoms with Gasteiger partial charge in [-0.05, 0) is 44.6 Å². The van der Waals surface area contributed by atoms with E-state index in [0.29, 0.717) is 11.3 Å². The van der Waals surface area contributed by atoms with E-state index in [4.69, 9.17) is 4.74 Å². The fourth-order valence-corrected chi connectivity index (χ4v) is 1.78. The maximum Gasteiger partial charge on any atom is 0.251 e. The summed E-state index contributed by atoms with van der Waals surface area (Å²) in [4.78, 5) is 12.1. The van der Waals surface area contributed by atoms with Gasteiger partial charge in [-0.1, -0.05) is 6.92 Å². The molecule has 106 valence electrons. The third-order valence-electron chi connectivity index (χ3n) is 3.01. The largest absolute Gasteiger partial charge is 0.504 e. The normalized spacial score (nSPS) is 11.9. The molecular weight excluding hydrogens is 244 g/mol. The predicted molar refractivity (Wildman–Crippen MR) is 74.7 cm³/mol. The Bertz CT molecular complexity index is 421. The molecule has 0 aromatic heterocycles. The predicted octanol–water partition coefficient (Wildman–Crippen LogP) is 1.52. The van der Waals surface area contributed by atoms with Gasteiger partial charge in [-0.3, -0.25) is 4.79 Å². The molecule has 1 atom stereocenters. The van der Waals surface area contributed by atoms with Crippen molar-refractivity contribution in [3.05, 3.63) is 23.8 Å². The number of ether oxygens (including phenoxy) is 1. The molecular formula is C14H22N2O3. The van der Waals surface area contributed by atoms with Crippen LogP contribution in [0.4, 0.5) is 0 Å². The summed E-state index contributed by atoms with van der Waals surface area (Å²) in [7, 11) is 3.35. The van der Waals surface area contributed by atoms with E-state index >= 15 is 0 Å². The molecule has 0 bridgehead atoms. The zero-order valence-corrected chi connectivity index (χ0v) is 11.7. The molecule has 5 nitrogen and oxygen atoms in total. The standard InChI is InChI=1S/C14H22N2O3/c1-4-11(7-8-15-2)16-14(18)10-5-6-12(17)13(9-10)19-3/h5-6,9,11,15,17H,4,7-8H2,1-3H3,(H,16,18). The Balaban J connectivity index is 2.71. The van der Waals surface area contributed by atoms with Crippen LogP contribution in [0.5, 0.6) is 11.5 Å². The van der Waals surface area contributed by atoms with Crippen LogP contribution in [0.25, 0.3) is 0 Å². The summed E-state index contributed by atoms with van der Waals surface area (Å²) in [5.74, 6) is 0.179. The van der Waals surface area contributed by atoms with Crippen molar-refractivity contribution in [1.29, 1.82) is 0 Å². The van der Waals surface area contributed by atoms with Crippen molar-refractivity contribution < 1.29 is 14.6 Å². The van der Waals surface area contributed by atoms with Crippen molar-refractivity contribution in [1.82, 2.24) is 10.6 Å². The first-order valence-electron chi connectivity index (χ1n) is 6.44. The number of hydrogen-bond donors (Lipinski definition) is 3. The molecule has 0 aliphatic heterocycles. The molecule has 19 heavy (non-hydrogen) atoms. The van der Waals surface area contributed by atoms with Gasteiger partial charge in [-0.15, -0.1) is 0 Å². The van der Waals surface area contributed by atoms with Crippen molar-refractivity contribution in [2.24, 2.45) is 0 Å². The molecule has 1 rings (SSSR count). The Morgan fingerprint density at radius 2 is 2.21 bits per heavy atom. The number of phenols is 1. The van der Waals surface area contributed by atoms with Gasteiger partial charge in [0.25, 0.3) is 5.91 Å². The maximum atomic E-state index is 12.1. The number of amides is 1. The van der Waals surface area contributed by atoms with Gasteiger partial charge < -0.3 is 20.5 Å². The van der Waals surface area contributed by atoms with E-state index in [-0.39, 0.29) is 17.7 Å². The van der Waals surface area contributed by atoms with Crippen molar-refractivity contribution in [2.75, 3.05) is 20.7 Å². The Kier molecular flexibility index (Phi) is 6.15. The van der Waals surface area contributed by atoms with Crippen LogP contribution in [0.2, 0.25) is 0 Å². The summed E-state index contributed by atoms with van der Waals surface area (Å²) in [5.41, 5.74) is 0.484. The molecule has 0 saturated carbocycles. The van der Waals surface area contributed by atoms with Crippen molar-refractivity contribution in [3.8, 4) is 11.5 Å². The SMILES string of the molecule is CCC(CCNC)NC(=O)c1ccc(O)c(OC)c1. The summed E-state index contributed by atoms with van der Waals surface area (Å²) in [6.07, 6.45) is 1.76. The fraction of sp³-hybridized carbons (Fsp3) is 0.500. The highest BCUT2D eigenvalue weighted by molar-refractivity contribution is 5.95. The zero-order valence-electron chi connectivity index (χ0n) is 11.7. The monoisotopic (exact) mass is 266 g/mol. The average Bonchev–Trinajstić information content (AvgIpc) is 2.43. The van der Waals surface area contributed by atoms with Crippen molar-refractivity contribution in [2.45, 2.75) is 25.8 Å². The van der Waals surface area contributed by atoms with Gasteiger partial charge in [0.15, 0.2) is 11.5 Å². The molecule has 0 spiro atoms. The van der Waals surface area contributed by atoms with Crippen LogP contribution in [0.1, 0.15) is 30.1 Å². The number of carbonyl (C=O) groups excluding carboxylic acids is 1. The lowest BCUT2D eigenvalue weighted by Crippen LogP contribution is -2.36. The second-order valence-electron chi connectivity index (χ2n) is 4.36. The summed E-state index contributed by atoms with van der Waals surface area (Å²) in [5, 5.41) is 15.5. The molecule has 0 radical (unpaired) electrons. The highest BCUT2D eigenvalue weighted by Gasteiger charge is 2.13. The van der Waals surface area contributed by atoms with Gasteiger partial charge in [0.1, 0.15) is 0 Å². The van der Waals surface area contributed by atoms with Crippen molar-refractivity contribution in [3.63, 3.8) is 0 Å². The van der Waals surface area contributed by atoms with Crippen molar-refractivity contribution >= 4 is 5.91 Å². The van der Waals surface area contributed by atoms with Crippen LogP contribution in [0.15, 0.2) is 18.2 Å². The van der Waals surface area contributed by atoms with Crippen LogP contribution in [0.3, 0.4) is 0 Å². The number of nitrogens with one attached hydrogen (secondary N) is 2. The van der Waals surface area contributed by atoms with E-state index in [9.17, 15) is 9.90 Å². The van der Waals surface area contributed by atoms with E-state index in [1.54, 1.807) is 6.07 Å². The number of benzene rings is 1. The Morgan fingerprint density at radius 3 is 2.79 bits per heavy atom. The number of hydrogen-bond acceptors (Lipinski definition) is 4. The minimum absolute atomic E-state index is 0.0290. The first-order valence-corrected chi connectivity index (χ1v) is 6.44. The Labute approximate surface area is 114 Å². The molecule has 3 N–H and O–H groups in total. The molecule has 0 fully saturated rings. The van der Waals surface area contributed by atoms with E-state index in [2.05, 4.69) is 10.6 Å². The minimum Gasteiger partial charge on any atom is -0.504 e. The van der Waals surface area contributed by atoms with E-state index in [1.165, 1.54) is 19.2 Å². The number of aromatic hydroxyl groups is 1. The van der Waals surface area contributed by atoms with Gasteiger partial charge in [0.05, 0.1) is 7.11 Å². The number of carbonyl (C=O) groups is 1. The lowest BCUT2D eigenvalue weighted by atomic mass is 10.1. The quantitative estimate of drug-likeness (QED) is 0.700. The molecule has 5 heteroatoms. The van der Waals surface area contributed by atoms with Gasteiger partial charge in [0, 0.05) is 11.6 Å². The molecule has 1 unspecified atom stereocenters. The molecule has 1 amide bonds. The molecule has 0 saturated heterocycles. The highest BCUT2D eigenvalue weighted by Crippen LogP contribution is 2.26. The van der Waals surface area contributed by atoms with Crippen LogP contribution >= 0.6 is 0 Å². The minimum atomic E-state index is -0.152. The Hall–Kier alpha value is -1.75. The second kappa shape index (κ2) is 7.63. The Morgan fingerprint density at radius 1 is 1.47 bits per heavy atom. The van der Waals surface area contributed by atoms with Crippen LogP contribution < -0.4 is 15.4 Å². The highest BCUT2D eigenvalue weighted by atomic mass is 16.5. The number of methoxy groups -OCH3 is 1. The molecule has 1 aromatic rings. The van der Waals surface area contributed by atoms with E-state index < -0.39 is 0 Å². The fourth-order valence-electron chi connectivity index (χ4n) is 1.78. The topological polar surface area (TPSA) is 70.6 Å².